The number of halogens is 1. The van der Waals surface area contributed by atoms with E-state index in [0.29, 0.717) is 17.9 Å². The van der Waals surface area contributed by atoms with Gasteiger partial charge in [-0.05, 0) is 36.3 Å². The van der Waals surface area contributed by atoms with Gasteiger partial charge >= 0.3 is 0 Å². The van der Waals surface area contributed by atoms with Gasteiger partial charge in [0.15, 0.2) is 0 Å². The predicted molar refractivity (Wildman–Crippen MR) is 72.9 cm³/mol. The second-order valence-electron chi connectivity index (χ2n) is 4.66. The lowest BCUT2D eigenvalue weighted by atomic mass is 10.0. The zero-order chi connectivity index (χ0) is 12.8. The first kappa shape index (κ1) is 13.4. The summed E-state index contributed by atoms with van der Waals surface area (Å²) >= 11 is 1.92. The molecule has 1 N–H and O–H groups in total. The average Bonchev–Trinajstić information content (AvgIpc) is 2.39. The van der Waals surface area contributed by atoms with Gasteiger partial charge in [-0.15, -0.1) is 0 Å². The van der Waals surface area contributed by atoms with Gasteiger partial charge in [0.2, 0.25) is 5.91 Å². The molecule has 1 amide bonds. The molecule has 1 unspecified atom stereocenters. The molecular formula is C14H18FNOS. The Morgan fingerprint density at radius 1 is 1.44 bits per heavy atom. The van der Waals surface area contributed by atoms with E-state index in [4.69, 9.17) is 0 Å². The summed E-state index contributed by atoms with van der Waals surface area (Å²) < 4.78 is 13.3. The van der Waals surface area contributed by atoms with Crippen LogP contribution in [-0.2, 0) is 11.3 Å². The molecule has 0 aromatic heterocycles. The Hall–Kier alpha value is -1.03. The number of hydrogen-bond donors (Lipinski definition) is 1. The summed E-state index contributed by atoms with van der Waals surface area (Å²) in [5.74, 6) is 2.56. The lowest BCUT2D eigenvalue weighted by molar-refractivity contribution is -0.122. The van der Waals surface area contributed by atoms with E-state index in [-0.39, 0.29) is 18.3 Å². The van der Waals surface area contributed by atoms with Gasteiger partial charge in [-0.2, -0.15) is 11.8 Å². The molecule has 0 saturated carbocycles. The van der Waals surface area contributed by atoms with Crippen molar-refractivity contribution in [2.45, 2.75) is 25.8 Å². The molecule has 1 saturated heterocycles. The maximum atomic E-state index is 13.3. The Labute approximate surface area is 111 Å². The normalized spacial score (nSPS) is 19.5. The van der Waals surface area contributed by atoms with Crippen LogP contribution in [0.1, 0.15) is 24.8 Å². The molecule has 1 aliphatic rings. The molecule has 1 aromatic carbocycles. The molecule has 1 aromatic rings. The fourth-order valence-corrected chi connectivity index (χ4v) is 3.29. The highest BCUT2D eigenvalue weighted by Gasteiger charge is 2.17. The van der Waals surface area contributed by atoms with Gasteiger partial charge in [0, 0.05) is 18.5 Å². The summed E-state index contributed by atoms with van der Waals surface area (Å²) in [5.41, 5.74) is 0.545. The monoisotopic (exact) mass is 267 g/mol. The number of nitrogens with one attached hydrogen (secondary N) is 1. The molecular weight excluding hydrogens is 249 g/mol. The van der Waals surface area contributed by atoms with Gasteiger partial charge in [-0.3, -0.25) is 4.79 Å². The second-order valence-corrected chi connectivity index (χ2v) is 5.81. The molecule has 1 atom stereocenters. The maximum Gasteiger partial charge on any atom is 0.220 e. The molecule has 1 aliphatic heterocycles. The van der Waals surface area contributed by atoms with Crippen molar-refractivity contribution in [3.05, 3.63) is 35.6 Å². The van der Waals surface area contributed by atoms with Crippen LogP contribution in [0.5, 0.6) is 0 Å². The van der Waals surface area contributed by atoms with Crippen LogP contribution in [0.4, 0.5) is 4.39 Å². The molecule has 1 fully saturated rings. The third-order valence-corrected chi connectivity index (χ3v) is 4.45. The minimum absolute atomic E-state index is 0.0331. The molecule has 2 rings (SSSR count). The lowest BCUT2D eigenvalue weighted by Gasteiger charge is -2.20. The van der Waals surface area contributed by atoms with E-state index in [2.05, 4.69) is 5.32 Å². The molecule has 98 valence electrons. The SMILES string of the molecule is O=C(CC1CCCSC1)NCc1ccccc1F. The lowest BCUT2D eigenvalue weighted by Crippen LogP contribution is -2.27. The van der Waals surface area contributed by atoms with Crippen LogP contribution in [0.2, 0.25) is 0 Å². The summed E-state index contributed by atoms with van der Waals surface area (Å²) in [6.45, 7) is 0.283. The summed E-state index contributed by atoms with van der Waals surface area (Å²) in [7, 11) is 0. The van der Waals surface area contributed by atoms with E-state index >= 15 is 0 Å². The number of rotatable bonds is 4. The van der Waals surface area contributed by atoms with Crippen molar-refractivity contribution in [2.75, 3.05) is 11.5 Å². The second kappa shape index (κ2) is 6.78. The van der Waals surface area contributed by atoms with Crippen LogP contribution >= 0.6 is 11.8 Å². The molecule has 0 aliphatic carbocycles. The Balaban J connectivity index is 1.76. The van der Waals surface area contributed by atoms with Gasteiger partial charge in [0.25, 0.3) is 0 Å². The summed E-state index contributed by atoms with van der Waals surface area (Å²) in [6, 6.07) is 6.55. The van der Waals surface area contributed by atoms with E-state index in [1.165, 1.54) is 18.2 Å². The van der Waals surface area contributed by atoms with Gasteiger partial charge in [0.1, 0.15) is 5.82 Å². The molecule has 4 heteroatoms. The molecule has 2 nitrogen and oxygen atoms in total. The van der Waals surface area contributed by atoms with Crippen molar-refractivity contribution in [2.24, 2.45) is 5.92 Å². The van der Waals surface area contributed by atoms with E-state index in [1.807, 2.05) is 11.8 Å². The standard InChI is InChI=1S/C14H18FNOS/c15-13-6-2-1-5-12(13)9-16-14(17)8-11-4-3-7-18-10-11/h1-2,5-6,11H,3-4,7-10H2,(H,16,17). The minimum Gasteiger partial charge on any atom is -0.352 e. The van der Waals surface area contributed by atoms with Gasteiger partial charge in [-0.1, -0.05) is 18.2 Å². The highest BCUT2D eigenvalue weighted by Crippen LogP contribution is 2.24. The number of carbonyl (C=O) groups excluding carboxylic acids is 1. The van der Waals surface area contributed by atoms with E-state index in [9.17, 15) is 9.18 Å². The Bertz CT molecular complexity index is 405. The van der Waals surface area contributed by atoms with Crippen molar-refractivity contribution in [3.63, 3.8) is 0 Å². The van der Waals surface area contributed by atoms with Crippen LogP contribution < -0.4 is 5.32 Å². The third kappa shape index (κ3) is 4.02. The zero-order valence-electron chi connectivity index (χ0n) is 10.3. The minimum atomic E-state index is -0.258. The molecule has 0 spiro atoms. The van der Waals surface area contributed by atoms with Crippen molar-refractivity contribution in [3.8, 4) is 0 Å². The van der Waals surface area contributed by atoms with Crippen LogP contribution in [0.3, 0.4) is 0 Å². The highest BCUT2D eigenvalue weighted by atomic mass is 32.2. The molecule has 0 bridgehead atoms. The van der Waals surface area contributed by atoms with Crippen molar-refractivity contribution in [1.29, 1.82) is 0 Å². The molecule has 18 heavy (non-hydrogen) atoms. The predicted octanol–water partition coefficient (Wildman–Crippen LogP) is 2.98. The highest BCUT2D eigenvalue weighted by molar-refractivity contribution is 7.99. The van der Waals surface area contributed by atoms with Crippen molar-refractivity contribution >= 4 is 17.7 Å². The quantitative estimate of drug-likeness (QED) is 0.908. The van der Waals surface area contributed by atoms with Gasteiger partial charge in [-0.25, -0.2) is 4.39 Å². The Morgan fingerprint density at radius 3 is 3.00 bits per heavy atom. The van der Waals surface area contributed by atoms with Crippen molar-refractivity contribution in [1.82, 2.24) is 5.32 Å². The smallest absolute Gasteiger partial charge is 0.220 e. The van der Waals surface area contributed by atoms with E-state index in [1.54, 1.807) is 18.2 Å². The first-order chi connectivity index (χ1) is 8.75. The van der Waals surface area contributed by atoms with Crippen LogP contribution in [0.25, 0.3) is 0 Å². The van der Waals surface area contributed by atoms with Gasteiger partial charge in [0.05, 0.1) is 0 Å². The largest absolute Gasteiger partial charge is 0.352 e. The van der Waals surface area contributed by atoms with Crippen LogP contribution in [0, 0.1) is 11.7 Å². The third-order valence-electron chi connectivity index (χ3n) is 3.16. The van der Waals surface area contributed by atoms with Gasteiger partial charge < -0.3 is 5.32 Å². The van der Waals surface area contributed by atoms with E-state index < -0.39 is 0 Å². The first-order valence-electron chi connectivity index (χ1n) is 6.33. The topological polar surface area (TPSA) is 29.1 Å². The summed E-state index contributed by atoms with van der Waals surface area (Å²) in [4.78, 5) is 11.8. The van der Waals surface area contributed by atoms with Crippen molar-refractivity contribution < 1.29 is 9.18 Å². The molecule has 1 heterocycles. The first-order valence-corrected chi connectivity index (χ1v) is 7.49. The van der Waals surface area contributed by atoms with Crippen LogP contribution in [0.15, 0.2) is 24.3 Å². The van der Waals surface area contributed by atoms with E-state index in [0.717, 1.165) is 12.2 Å². The summed E-state index contributed by atoms with van der Waals surface area (Å²) in [6.07, 6.45) is 2.91. The number of thioether (sulfide) groups is 1. The molecule has 0 radical (unpaired) electrons. The Kier molecular flexibility index (Phi) is 5.05. The maximum absolute atomic E-state index is 13.3. The Morgan fingerprint density at radius 2 is 2.28 bits per heavy atom. The number of amides is 1. The summed E-state index contributed by atoms with van der Waals surface area (Å²) in [5, 5.41) is 2.80. The fourth-order valence-electron chi connectivity index (χ4n) is 2.14. The number of carbonyl (C=O) groups is 1. The average molecular weight is 267 g/mol. The number of benzene rings is 1. The van der Waals surface area contributed by atoms with Crippen LogP contribution in [-0.4, -0.2) is 17.4 Å². The zero-order valence-corrected chi connectivity index (χ0v) is 11.1. The fraction of sp³-hybridized carbons (Fsp3) is 0.500. The number of hydrogen-bond acceptors (Lipinski definition) is 2.